The third-order valence-corrected chi connectivity index (χ3v) is 3.55. The highest BCUT2D eigenvalue weighted by Crippen LogP contribution is 2.22. The van der Waals surface area contributed by atoms with Crippen LogP contribution in [0.2, 0.25) is 5.02 Å². The van der Waals surface area contributed by atoms with Gasteiger partial charge in [0, 0.05) is 17.7 Å². The maximum Gasteiger partial charge on any atom is 0.0732 e. The van der Waals surface area contributed by atoms with Crippen LogP contribution >= 0.6 is 11.6 Å². The van der Waals surface area contributed by atoms with Gasteiger partial charge in [0.15, 0.2) is 0 Å². The van der Waals surface area contributed by atoms with E-state index in [9.17, 15) is 0 Å². The van der Waals surface area contributed by atoms with Crippen LogP contribution in [0, 0.1) is 0 Å². The molecule has 0 saturated carbocycles. The minimum Gasteiger partial charge on any atom is -0.377 e. The molecular weight excluding hydrogens is 222 g/mol. The van der Waals surface area contributed by atoms with E-state index < -0.39 is 0 Å². The number of hydrogen-bond acceptors (Lipinski definition) is 2. The zero-order valence-electron chi connectivity index (χ0n) is 9.58. The molecule has 1 aliphatic heterocycles. The molecule has 1 N–H and O–H groups in total. The van der Waals surface area contributed by atoms with Crippen LogP contribution in [0.5, 0.6) is 0 Å². The monoisotopic (exact) mass is 239 g/mol. The molecular formula is C13H18ClNO. The molecule has 0 aliphatic carbocycles. The molecule has 16 heavy (non-hydrogen) atoms. The highest BCUT2D eigenvalue weighted by atomic mass is 35.5. The van der Waals surface area contributed by atoms with Crippen molar-refractivity contribution in [1.29, 1.82) is 0 Å². The SMILES string of the molecule is CNC(Cc1ccccc1Cl)C1CCCO1. The first-order chi connectivity index (χ1) is 7.81. The first-order valence-corrected chi connectivity index (χ1v) is 6.21. The van der Waals surface area contributed by atoms with Crippen molar-refractivity contribution in [3.63, 3.8) is 0 Å². The molecule has 2 rings (SSSR count). The Labute approximate surface area is 102 Å². The Balaban J connectivity index is 2.03. The van der Waals surface area contributed by atoms with Gasteiger partial charge in [-0.3, -0.25) is 0 Å². The van der Waals surface area contributed by atoms with Crippen LogP contribution in [0.3, 0.4) is 0 Å². The standard InChI is InChI=1S/C13H18ClNO/c1-15-12(13-7-4-8-16-13)9-10-5-2-3-6-11(10)14/h2-3,5-6,12-13,15H,4,7-9H2,1H3. The molecule has 1 heterocycles. The first kappa shape index (κ1) is 11.9. The van der Waals surface area contributed by atoms with Crippen molar-refractivity contribution in [2.24, 2.45) is 0 Å². The smallest absolute Gasteiger partial charge is 0.0732 e. The Hall–Kier alpha value is -0.570. The Morgan fingerprint density at radius 1 is 1.50 bits per heavy atom. The van der Waals surface area contributed by atoms with Gasteiger partial charge in [0.05, 0.1) is 6.10 Å². The Kier molecular flexibility index (Phi) is 4.22. The molecule has 0 amide bonds. The summed E-state index contributed by atoms with van der Waals surface area (Å²) in [6.45, 7) is 0.894. The molecule has 1 saturated heterocycles. The van der Waals surface area contributed by atoms with E-state index in [4.69, 9.17) is 16.3 Å². The van der Waals surface area contributed by atoms with Crippen LogP contribution in [0.15, 0.2) is 24.3 Å². The molecule has 1 fully saturated rings. The zero-order valence-corrected chi connectivity index (χ0v) is 10.3. The number of nitrogens with one attached hydrogen (secondary N) is 1. The van der Waals surface area contributed by atoms with Crippen LogP contribution in [-0.2, 0) is 11.2 Å². The van der Waals surface area contributed by atoms with E-state index in [1.54, 1.807) is 0 Å². The Bertz CT molecular complexity index is 336. The molecule has 0 bridgehead atoms. The minimum absolute atomic E-state index is 0.335. The summed E-state index contributed by atoms with van der Waals surface area (Å²) >= 11 is 6.16. The number of halogens is 1. The first-order valence-electron chi connectivity index (χ1n) is 5.83. The lowest BCUT2D eigenvalue weighted by atomic mass is 9.99. The van der Waals surface area contributed by atoms with Gasteiger partial charge in [0.25, 0.3) is 0 Å². The van der Waals surface area contributed by atoms with E-state index in [1.165, 1.54) is 12.0 Å². The average molecular weight is 240 g/mol. The predicted molar refractivity (Wildman–Crippen MR) is 67.0 cm³/mol. The van der Waals surface area contributed by atoms with E-state index in [0.717, 1.165) is 24.5 Å². The van der Waals surface area contributed by atoms with E-state index in [2.05, 4.69) is 11.4 Å². The van der Waals surface area contributed by atoms with E-state index >= 15 is 0 Å². The number of hydrogen-bond donors (Lipinski definition) is 1. The van der Waals surface area contributed by atoms with Gasteiger partial charge in [0.2, 0.25) is 0 Å². The quantitative estimate of drug-likeness (QED) is 0.872. The molecule has 2 unspecified atom stereocenters. The number of rotatable bonds is 4. The Morgan fingerprint density at radius 2 is 2.31 bits per heavy atom. The van der Waals surface area contributed by atoms with Crippen LogP contribution in [0.25, 0.3) is 0 Å². The molecule has 3 heteroatoms. The van der Waals surface area contributed by atoms with E-state index in [0.29, 0.717) is 12.1 Å². The highest BCUT2D eigenvalue weighted by molar-refractivity contribution is 6.31. The lowest BCUT2D eigenvalue weighted by Gasteiger charge is -2.22. The van der Waals surface area contributed by atoms with Crippen molar-refractivity contribution >= 4 is 11.6 Å². The Morgan fingerprint density at radius 3 is 2.94 bits per heavy atom. The molecule has 0 spiro atoms. The summed E-state index contributed by atoms with van der Waals surface area (Å²) in [6, 6.07) is 8.39. The predicted octanol–water partition coefficient (Wildman–Crippen LogP) is 2.65. The third-order valence-electron chi connectivity index (χ3n) is 3.18. The van der Waals surface area contributed by atoms with Crippen molar-refractivity contribution in [1.82, 2.24) is 5.32 Å². The van der Waals surface area contributed by atoms with Crippen molar-refractivity contribution in [3.05, 3.63) is 34.9 Å². The average Bonchev–Trinajstić information content (AvgIpc) is 2.81. The van der Waals surface area contributed by atoms with Gasteiger partial charge in [0.1, 0.15) is 0 Å². The molecule has 2 atom stereocenters. The molecule has 1 aromatic rings. The van der Waals surface area contributed by atoms with Gasteiger partial charge >= 0.3 is 0 Å². The van der Waals surface area contributed by atoms with Crippen molar-refractivity contribution in [2.45, 2.75) is 31.4 Å². The fraction of sp³-hybridized carbons (Fsp3) is 0.538. The van der Waals surface area contributed by atoms with E-state index in [1.807, 2.05) is 25.2 Å². The van der Waals surface area contributed by atoms with Crippen molar-refractivity contribution in [2.75, 3.05) is 13.7 Å². The van der Waals surface area contributed by atoms with Gasteiger partial charge in [-0.25, -0.2) is 0 Å². The van der Waals surface area contributed by atoms with Crippen molar-refractivity contribution in [3.8, 4) is 0 Å². The number of likely N-dealkylation sites (N-methyl/N-ethyl adjacent to an activating group) is 1. The summed E-state index contributed by atoms with van der Waals surface area (Å²) in [5.41, 5.74) is 1.19. The third kappa shape index (κ3) is 2.76. The lowest BCUT2D eigenvalue weighted by Crippen LogP contribution is -2.39. The second kappa shape index (κ2) is 5.67. The van der Waals surface area contributed by atoms with Crippen LogP contribution in [-0.4, -0.2) is 25.8 Å². The summed E-state index contributed by atoms with van der Waals surface area (Å²) < 4.78 is 5.71. The summed E-state index contributed by atoms with van der Waals surface area (Å²) in [4.78, 5) is 0. The van der Waals surface area contributed by atoms with Crippen LogP contribution in [0.4, 0.5) is 0 Å². The van der Waals surface area contributed by atoms with Crippen LogP contribution < -0.4 is 5.32 Å². The fourth-order valence-corrected chi connectivity index (χ4v) is 2.45. The minimum atomic E-state index is 0.335. The lowest BCUT2D eigenvalue weighted by molar-refractivity contribution is 0.0808. The fourth-order valence-electron chi connectivity index (χ4n) is 2.24. The van der Waals surface area contributed by atoms with E-state index in [-0.39, 0.29) is 0 Å². The number of benzene rings is 1. The largest absolute Gasteiger partial charge is 0.377 e. The normalized spacial score (nSPS) is 22.2. The van der Waals surface area contributed by atoms with Gasteiger partial charge in [-0.1, -0.05) is 29.8 Å². The van der Waals surface area contributed by atoms with Gasteiger partial charge in [-0.15, -0.1) is 0 Å². The summed E-state index contributed by atoms with van der Waals surface area (Å²) in [5, 5.41) is 4.18. The molecule has 88 valence electrons. The summed E-state index contributed by atoms with van der Waals surface area (Å²) in [5.74, 6) is 0. The molecule has 0 aromatic heterocycles. The van der Waals surface area contributed by atoms with Crippen LogP contribution in [0.1, 0.15) is 18.4 Å². The maximum absolute atomic E-state index is 6.16. The topological polar surface area (TPSA) is 21.3 Å². The maximum atomic E-state index is 6.16. The van der Waals surface area contributed by atoms with Crippen molar-refractivity contribution < 1.29 is 4.74 Å². The summed E-state index contributed by atoms with van der Waals surface area (Å²) in [7, 11) is 1.99. The molecule has 2 nitrogen and oxygen atoms in total. The molecule has 0 radical (unpaired) electrons. The summed E-state index contributed by atoms with van der Waals surface area (Å²) in [6.07, 6.45) is 3.59. The number of ether oxygens (including phenoxy) is 1. The second-order valence-corrected chi connectivity index (χ2v) is 4.65. The van der Waals surface area contributed by atoms with Gasteiger partial charge in [-0.2, -0.15) is 0 Å². The second-order valence-electron chi connectivity index (χ2n) is 4.24. The molecule has 1 aliphatic rings. The highest BCUT2D eigenvalue weighted by Gasteiger charge is 2.25. The molecule has 1 aromatic carbocycles. The van der Waals surface area contributed by atoms with Gasteiger partial charge < -0.3 is 10.1 Å². The van der Waals surface area contributed by atoms with Gasteiger partial charge in [-0.05, 0) is 37.9 Å². The zero-order chi connectivity index (χ0) is 11.4.